The summed E-state index contributed by atoms with van der Waals surface area (Å²) >= 11 is 0. The summed E-state index contributed by atoms with van der Waals surface area (Å²) in [6, 6.07) is 0. The van der Waals surface area contributed by atoms with Gasteiger partial charge in [-0.25, -0.2) is 0 Å². The van der Waals surface area contributed by atoms with E-state index in [1.54, 1.807) is 0 Å². The van der Waals surface area contributed by atoms with Crippen molar-refractivity contribution >= 4 is 29.3 Å². The van der Waals surface area contributed by atoms with Crippen molar-refractivity contribution in [2.75, 3.05) is 78.5 Å². The first-order valence-corrected chi connectivity index (χ1v) is 42.7. The second-order valence-corrected chi connectivity index (χ2v) is 29.6. The van der Waals surface area contributed by atoms with Crippen molar-refractivity contribution < 1.29 is 24.0 Å². The van der Waals surface area contributed by atoms with Crippen LogP contribution in [0.25, 0.3) is 0 Å². The highest BCUT2D eigenvalue weighted by atomic mass is 16.2. The molecule has 0 aliphatic carbocycles. The molecule has 0 radical (unpaired) electrons. The van der Waals surface area contributed by atoms with Gasteiger partial charge < -0.3 is 30.7 Å². The predicted molar refractivity (Wildman–Crippen MR) is 413 cm³/mol. The third-order valence-corrected chi connectivity index (χ3v) is 20.2. The van der Waals surface area contributed by atoms with Gasteiger partial charge in [0.2, 0.25) is 17.7 Å². The smallest absolute Gasteiger partial charge is 0.221 e. The minimum Gasteiger partial charge on any atom is -0.356 e. The van der Waals surface area contributed by atoms with Gasteiger partial charge in [-0.3, -0.25) is 24.0 Å². The second kappa shape index (κ2) is 77.4. The van der Waals surface area contributed by atoms with Crippen LogP contribution in [0.15, 0.2) is 0 Å². The van der Waals surface area contributed by atoms with Gasteiger partial charge in [-0.2, -0.15) is 0 Å². The zero-order valence-corrected chi connectivity index (χ0v) is 64.7. The fourth-order valence-electron chi connectivity index (χ4n) is 13.5. The third kappa shape index (κ3) is 72.7. The maximum Gasteiger partial charge on any atom is 0.221 e. The number of rotatable bonds is 81. The van der Waals surface area contributed by atoms with Crippen LogP contribution in [-0.2, 0) is 24.0 Å². The summed E-state index contributed by atoms with van der Waals surface area (Å²) in [5.74, 6) is 0.948. The Morgan fingerprint density at radius 1 is 0.179 bits per heavy atom. The summed E-state index contributed by atoms with van der Waals surface area (Å²) < 4.78 is 0. The number of carbonyl (C=O) groups excluding carboxylic acids is 5. The Labute approximate surface area is 592 Å². The lowest BCUT2D eigenvalue weighted by molar-refractivity contribution is -0.122. The maximum atomic E-state index is 13.7. The number of carbonyl (C=O) groups is 5. The topological polar surface area (TPSA) is 131 Å². The van der Waals surface area contributed by atoms with Crippen molar-refractivity contribution in [3.05, 3.63) is 0 Å². The van der Waals surface area contributed by atoms with E-state index in [1.165, 1.54) is 283 Å². The molecular formula is C84H166N6O5. The lowest BCUT2D eigenvalue weighted by Crippen LogP contribution is -2.43. The van der Waals surface area contributed by atoms with Crippen molar-refractivity contribution in [2.45, 2.75) is 433 Å². The monoisotopic (exact) mass is 1340 g/mol. The predicted octanol–water partition coefficient (Wildman–Crippen LogP) is 22.7. The Morgan fingerprint density at radius 3 is 0.611 bits per heavy atom. The van der Waals surface area contributed by atoms with Gasteiger partial charge in [-0.05, 0) is 45.1 Å². The van der Waals surface area contributed by atoms with Crippen LogP contribution in [0.5, 0.6) is 0 Å². The minimum absolute atomic E-state index is 0.0761. The molecule has 0 spiro atoms. The Hall–Kier alpha value is -2.37. The molecule has 0 heterocycles. The molecule has 95 heavy (non-hydrogen) atoms. The van der Waals surface area contributed by atoms with E-state index < -0.39 is 0 Å². The molecule has 0 atom stereocenters. The largest absolute Gasteiger partial charge is 0.356 e. The standard InChI is InChI=1S/C84H166N6O5/c1-6-11-16-21-26-31-36-37-39-41-45-50-55-61-80(91)63-60-71-88(73-65-82(93)85-68-57-52-47-42-33-28-23-18-13-8-3)76-78-90(72-64-81(92)62-56-51-46-40-38-32-27-22-17-12-7-2)79-77-89(74-66-83(94)86-69-58-53-48-43-34-29-24-19-14-9-4)75-67-84(95)87-70-59-54-49-44-35-30-25-20-15-10-5/h6-79H2,1-5H3,(H,85,93)(H,86,94)(H,87,95). The van der Waals surface area contributed by atoms with E-state index in [0.717, 1.165) is 103 Å². The Kier molecular flexibility index (Phi) is 75.4. The molecule has 0 bridgehead atoms. The van der Waals surface area contributed by atoms with Gasteiger partial charge in [0.25, 0.3) is 0 Å². The molecule has 0 aliphatic rings. The van der Waals surface area contributed by atoms with E-state index in [-0.39, 0.29) is 17.7 Å². The van der Waals surface area contributed by atoms with E-state index in [1.807, 2.05) is 0 Å². The summed E-state index contributed by atoms with van der Waals surface area (Å²) in [6.45, 7) is 19.6. The normalized spacial score (nSPS) is 11.7. The number of nitrogens with one attached hydrogen (secondary N) is 3. The van der Waals surface area contributed by atoms with Crippen molar-refractivity contribution in [2.24, 2.45) is 0 Å². The highest BCUT2D eigenvalue weighted by molar-refractivity contribution is 5.79. The summed E-state index contributed by atoms with van der Waals surface area (Å²) in [5.41, 5.74) is 0. The molecule has 0 aromatic carbocycles. The van der Waals surface area contributed by atoms with Crippen molar-refractivity contribution in [3.63, 3.8) is 0 Å². The first-order chi connectivity index (χ1) is 46.7. The number of unbranched alkanes of at least 4 members (excludes halogenated alkanes) is 49. The number of ketones is 2. The third-order valence-electron chi connectivity index (χ3n) is 20.2. The van der Waals surface area contributed by atoms with Crippen LogP contribution in [0.2, 0.25) is 0 Å². The van der Waals surface area contributed by atoms with Gasteiger partial charge in [-0.1, -0.05) is 349 Å². The van der Waals surface area contributed by atoms with Crippen LogP contribution in [0, 0.1) is 0 Å². The molecule has 0 aromatic heterocycles. The maximum absolute atomic E-state index is 13.7. The average Bonchev–Trinajstić information content (AvgIpc) is 3.43. The van der Waals surface area contributed by atoms with Gasteiger partial charge in [0.05, 0.1) is 0 Å². The number of hydrogen-bond acceptors (Lipinski definition) is 8. The summed E-state index contributed by atoms with van der Waals surface area (Å²) in [7, 11) is 0. The first kappa shape index (κ1) is 92.6. The Balaban J connectivity index is 6.04. The van der Waals surface area contributed by atoms with Crippen LogP contribution in [0.3, 0.4) is 0 Å². The van der Waals surface area contributed by atoms with E-state index in [0.29, 0.717) is 102 Å². The minimum atomic E-state index is 0.0761. The van der Waals surface area contributed by atoms with Gasteiger partial charge in [-0.15, -0.1) is 0 Å². The average molecular weight is 1340 g/mol. The summed E-state index contributed by atoms with van der Waals surface area (Å²) in [6.07, 6.45) is 73.2. The van der Waals surface area contributed by atoms with Crippen LogP contribution < -0.4 is 16.0 Å². The molecule has 0 fully saturated rings. The fraction of sp³-hybridized carbons (Fsp3) is 0.940. The summed E-state index contributed by atoms with van der Waals surface area (Å²) in [4.78, 5) is 74.4. The van der Waals surface area contributed by atoms with Crippen LogP contribution in [-0.4, -0.2) is 123 Å². The molecular weight excluding hydrogens is 1170 g/mol. The number of nitrogens with zero attached hydrogens (tertiary/aromatic N) is 3. The van der Waals surface area contributed by atoms with Crippen molar-refractivity contribution in [3.8, 4) is 0 Å². The molecule has 0 aromatic rings. The molecule has 11 heteroatoms. The number of amides is 3. The van der Waals surface area contributed by atoms with Gasteiger partial charge >= 0.3 is 0 Å². The zero-order valence-electron chi connectivity index (χ0n) is 64.7. The highest BCUT2D eigenvalue weighted by Crippen LogP contribution is 2.18. The molecule has 0 rings (SSSR count). The first-order valence-electron chi connectivity index (χ1n) is 42.7. The molecule has 0 saturated carbocycles. The van der Waals surface area contributed by atoms with E-state index in [2.05, 4.69) is 65.3 Å². The van der Waals surface area contributed by atoms with Crippen LogP contribution in [0.4, 0.5) is 0 Å². The SMILES string of the molecule is CCCCCCCCCCCCCCCC(=O)CCCN(CCC(=O)NCCCCCCCCCCCC)CCN(CCC(=O)CCCCCCCCCCCCC)CCN(CCC(=O)NCCCCCCCCCCCC)CCC(=O)NCCCCCCCCCCCC. The lowest BCUT2D eigenvalue weighted by Gasteiger charge is -2.30. The molecule has 0 aliphatic heterocycles. The molecule has 11 nitrogen and oxygen atoms in total. The van der Waals surface area contributed by atoms with Gasteiger partial charge in [0.1, 0.15) is 11.6 Å². The summed E-state index contributed by atoms with van der Waals surface area (Å²) in [5, 5.41) is 9.67. The van der Waals surface area contributed by atoms with Crippen molar-refractivity contribution in [1.29, 1.82) is 0 Å². The number of Topliss-reactive ketones (excluding diaryl/α,β-unsaturated/α-hetero) is 2. The Bertz CT molecular complexity index is 1590. The van der Waals surface area contributed by atoms with Crippen molar-refractivity contribution in [1.82, 2.24) is 30.7 Å². The second-order valence-electron chi connectivity index (χ2n) is 29.6. The molecule has 3 amide bonds. The van der Waals surface area contributed by atoms with Crippen LogP contribution in [0.1, 0.15) is 433 Å². The van der Waals surface area contributed by atoms with Crippen LogP contribution >= 0.6 is 0 Å². The van der Waals surface area contributed by atoms with Gasteiger partial charge in [0.15, 0.2) is 0 Å². The molecule has 0 saturated heterocycles. The molecule has 0 unspecified atom stereocenters. The highest BCUT2D eigenvalue weighted by Gasteiger charge is 2.18. The van der Waals surface area contributed by atoms with E-state index >= 15 is 0 Å². The zero-order chi connectivity index (χ0) is 69.1. The quantitative estimate of drug-likeness (QED) is 0.0513. The van der Waals surface area contributed by atoms with E-state index in [9.17, 15) is 24.0 Å². The lowest BCUT2D eigenvalue weighted by atomic mass is 10.0. The van der Waals surface area contributed by atoms with Gasteiger partial charge in [0, 0.05) is 117 Å². The Morgan fingerprint density at radius 2 is 0.358 bits per heavy atom. The molecule has 562 valence electrons. The molecule has 3 N–H and O–H groups in total. The number of hydrogen-bond donors (Lipinski definition) is 3. The fourth-order valence-corrected chi connectivity index (χ4v) is 13.5. The van der Waals surface area contributed by atoms with E-state index in [4.69, 9.17) is 0 Å².